The van der Waals surface area contributed by atoms with Crippen molar-refractivity contribution in [1.82, 2.24) is 0 Å². The molecule has 0 spiro atoms. The lowest BCUT2D eigenvalue weighted by Crippen LogP contribution is -2.11. The minimum atomic E-state index is -0.255. The Kier molecular flexibility index (Phi) is 7.47. The molecule has 1 aromatic rings. The summed E-state index contributed by atoms with van der Waals surface area (Å²) in [6.45, 7) is 2.04. The molecule has 0 N–H and O–H groups in total. The largest absolute Gasteiger partial charge is 0.497 e. The third kappa shape index (κ3) is 5.17. The second kappa shape index (κ2) is 8.85. The number of esters is 1. The minimum absolute atomic E-state index is 0.100. The second-order valence-electron chi connectivity index (χ2n) is 4.61. The highest BCUT2D eigenvalue weighted by atomic mass is 79.9. The van der Waals surface area contributed by atoms with E-state index < -0.39 is 0 Å². The highest BCUT2D eigenvalue weighted by Gasteiger charge is 2.20. The summed E-state index contributed by atoms with van der Waals surface area (Å²) in [6, 6.07) is 5.77. The number of carbonyl (C=O) groups excluding carboxylic acids is 1. The Morgan fingerprint density at radius 1 is 1.33 bits per heavy atom. The van der Waals surface area contributed by atoms with Crippen molar-refractivity contribution >= 4 is 21.9 Å². The van der Waals surface area contributed by atoms with Gasteiger partial charge in [0, 0.05) is 17.5 Å². The van der Waals surface area contributed by atoms with E-state index in [4.69, 9.17) is 9.47 Å². The van der Waals surface area contributed by atoms with Gasteiger partial charge in [0.05, 0.1) is 26.7 Å². The van der Waals surface area contributed by atoms with Gasteiger partial charge in [-0.25, -0.2) is 0 Å². The molecule has 0 aromatic heterocycles. The standard InChI is InChI=1S/C16H21BrO4/c1-11(6-5-7-15(18)20-3)16(21-4)13-10-12(19-2)8-9-14(13)17/h5-6,8-11,16H,7H2,1-4H3/t11-,16+/m1/s1. The average molecular weight is 357 g/mol. The molecule has 0 aliphatic carbocycles. The van der Waals surface area contributed by atoms with E-state index in [-0.39, 0.29) is 24.4 Å². The Bertz CT molecular complexity index is 499. The van der Waals surface area contributed by atoms with Crippen molar-refractivity contribution in [3.8, 4) is 5.75 Å². The van der Waals surface area contributed by atoms with E-state index in [2.05, 4.69) is 20.7 Å². The van der Waals surface area contributed by atoms with Gasteiger partial charge in [-0.3, -0.25) is 4.79 Å². The van der Waals surface area contributed by atoms with E-state index in [0.717, 1.165) is 15.8 Å². The van der Waals surface area contributed by atoms with Crippen LogP contribution in [0.25, 0.3) is 0 Å². The summed E-state index contributed by atoms with van der Waals surface area (Å²) in [7, 11) is 4.68. The highest BCUT2D eigenvalue weighted by Crippen LogP contribution is 2.34. The van der Waals surface area contributed by atoms with E-state index in [1.54, 1.807) is 20.3 Å². The molecular formula is C16H21BrO4. The molecule has 0 saturated heterocycles. The fourth-order valence-electron chi connectivity index (χ4n) is 2.05. The summed E-state index contributed by atoms with van der Waals surface area (Å²) in [6.07, 6.45) is 3.88. The fraction of sp³-hybridized carbons (Fsp3) is 0.438. The normalized spacial score (nSPS) is 14.0. The Balaban J connectivity index is 2.89. The van der Waals surface area contributed by atoms with Gasteiger partial charge in [0.2, 0.25) is 0 Å². The molecule has 5 heteroatoms. The van der Waals surface area contributed by atoms with E-state index in [9.17, 15) is 4.79 Å². The third-order valence-electron chi connectivity index (χ3n) is 3.19. The Hall–Kier alpha value is -1.33. The van der Waals surface area contributed by atoms with Crippen LogP contribution in [0.3, 0.4) is 0 Å². The lowest BCUT2D eigenvalue weighted by molar-refractivity contribution is -0.139. The summed E-state index contributed by atoms with van der Waals surface area (Å²) in [5, 5.41) is 0. The molecule has 0 bridgehead atoms. The molecule has 4 nitrogen and oxygen atoms in total. The van der Waals surface area contributed by atoms with Crippen LogP contribution in [-0.4, -0.2) is 27.3 Å². The first-order chi connectivity index (χ1) is 10.0. The van der Waals surface area contributed by atoms with E-state index in [1.165, 1.54) is 7.11 Å². The number of hydrogen-bond acceptors (Lipinski definition) is 4. The molecule has 1 aromatic carbocycles. The van der Waals surface area contributed by atoms with Crippen LogP contribution in [0, 0.1) is 5.92 Å². The van der Waals surface area contributed by atoms with Crippen LogP contribution in [0.2, 0.25) is 0 Å². The van der Waals surface area contributed by atoms with Crippen LogP contribution in [-0.2, 0) is 14.3 Å². The van der Waals surface area contributed by atoms with Gasteiger partial charge in [-0.1, -0.05) is 35.0 Å². The zero-order chi connectivity index (χ0) is 15.8. The van der Waals surface area contributed by atoms with Gasteiger partial charge in [-0.05, 0) is 23.8 Å². The molecule has 0 amide bonds. The summed E-state index contributed by atoms with van der Waals surface area (Å²) in [5.41, 5.74) is 1.01. The number of benzene rings is 1. The predicted octanol–water partition coefficient (Wildman–Crippen LogP) is 3.90. The summed E-state index contributed by atoms with van der Waals surface area (Å²) >= 11 is 3.54. The number of hydrogen-bond donors (Lipinski definition) is 0. The molecule has 0 fully saturated rings. The van der Waals surface area contributed by atoms with Gasteiger partial charge in [-0.2, -0.15) is 0 Å². The van der Waals surface area contributed by atoms with E-state index in [0.29, 0.717) is 0 Å². The Morgan fingerprint density at radius 2 is 2.05 bits per heavy atom. The van der Waals surface area contributed by atoms with Crippen LogP contribution in [0.15, 0.2) is 34.8 Å². The van der Waals surface area contributed by atoms with E-state index >= 15 is 0 Å². The maximum absolute atomic E-state index is 11.1. The molecule has 0 aliphatic rings. The number of halogens is 1. The summed E-state index contributed by atoms with van der Waals surface area (Å²) in [5.74, 6) is 0.624. The quantitative estimate of drug-likeness (QED) is 0.548. The number of carbonyl (C=O) groups is 1. The third-order valence-corrected chi connectivity index (χ3v) is 3.92. The number of ether oxygens (including phenoxy) is 3. The zero-order valence-corrected chi connectivity index (χ0v) is 14.3. The first-order valence-corrected chi connectivity index (χ1v) is 7.42. The van der Waals surface area contributed by atoms with Gasteiger partial charge in [-0.15, -0.1) is 0 Å². The molecule has 0 saturated carbocycles. The SMILES string of the molecule is COC(=O)CC=C[C@@H](C)[C@H](OC)c1cc(OC)ccc1Br. The van der Waals surface area contributed by atoms with Crippen molar-refractivity contribution in [2.24, 2.45) is 5.92 Å². The van der Waals surface area contributed by atoms with Gasteiger partial charge in [0.25, 0.3) is 0 Å². The first-order valence-electron chi connectivity index (χ1n) is 6.63. The predicted molar refractivity (Wildman–Crippen MR) is 85.4 cm³/mol. The lowest BCUT2D eigenvalue weighted by atomic mass is 9.96. The van der Waals surface area contributed by atoms with Crippen molar-refractivity contribution < 1.29 is 19.0 Å². The molecule has 1 rings (SSSR count). The van der Waals surface area contributed by atoms with Gasteiger partial charge < -0.3 is 14.2 Å². The lowest BCUT2D eigenvalue weighted by Gasteiger charge is -2.22. The summed E-state index contributed by atoms with van der Waals surface area (Å²) in [4.78, 5) is 11.1. The molecule has 2 atom stereocenters. The molecule has 0 radical (unpaired) electrons. The van der Waals surface area contributed by atoms with Gasteiger partial charge in [0.1, 0.15) is 5.75 Å². The van der Waals surface area contributed by atoms with Crippen LogP contribution in [0.4, 0.5) is 0 Å². The van der Waals surface area contributed by atoms with Crippen LogP contribution in [0.1, 0.15) is 25.0 Å². The monoisotopic (exact) mass is 356 g/mol. The molecule has 0 unspecified atom stereocenters. The summed E-state index contributed by atoms with van der Waals surface area (Å²) < 4.78 is 16.4. The minimum Gasteiger partial charge on any atom is -0.497 e. The molecule has 116 valence electrons. The molecule has 21 heavy (non-hydrogen) atoms. The van der Waals surface area contributed by atoms with Crippen molar-refractivity contribution in [1.29, 1.82) is 0 Å². The van der Waals surface area contributed by atoms with Crippen LogP contribution < -0.4 is 4.74 Å². The zero-order valence-electron chi connectivity index (χ0n) is 12.8. The van der Waals surface area contributed by atoms with Crippen molar-refractivity contribution in [3.05, 3.63) is 40.4 Å². The smallest absolute Gasteiger partial charge is 0.309 e. The van der Waals surface area contributed by atoms with Crippen molar-refractivity contribution in [2.45, 2.75) is 19.4 Å². The highest BCUT2D eigenvalue weighted by molar-refractivity contribution is 9.10. The Labute approximate surface area is 134 Å². The number of rotatable bonds is 7. The van der Waals surface area contributed by atoms with Gasteiger partial charge >= 0.3 is 5.97 Å². The Morgan fingerprint density at radius 3 is 2.62 bits per heavy atom. The maximum Gasteiger partial charge on any atom is 0.309 e. The number of methoxy groups -OCH3 is 3. The fourth-order valence-corrected chi connectivity index (χ4v) is 2.53. The second-order valence-corrected chi connectivity index (χ2v) is 5.47. The van der Waals surface area contributed by atoms with E-state index in [1.807, 2.05) is 31.2 Å². The topological polar surface area (TPSA) is 44.8 Å². The van der Waals surface area contributed by atoms with Crippen molar-refractivity contribution in [2.75, 3.05) is 21.3 Å². The van der Waals surface area contributed by atoms with Gasteiger partial charge in [0.15, 0.2) is 0 Å². The maximum atomic E-state index is 11.1. The molecule has 0 heterocycles. The van der Waals surface area contributed by atoms with Crippen LogP contribution >= 0.6 is 15.9 Å². The average Bonchev–Trinajstić information content (AvgIpc) is 2.49. The first kappa shape index (κ1) is 17.7. The van der Waals surface area contributed by atoms with Crippen molar-refractivity contribution in [3.63, 3.8) is 0 Å². The molecule has 0 aliphatic heterocycles. The van der Waals surface area contributed by atoms with Crippen LogP contribution in [0.5, 0.6) is 5.75 Å². The molecular weight excluding hydrogens is 336 g/mol.